The summed E-state index contributed by atoms with van der Waals surface area (Å²) in [5.74, 6) is 1.17. The molecule has 0 radical (unpaired) electrons. The molecule has 0 unspecified atom stereocenters. The topological polar surface area (TPSA) is 62.3 Å². The third-order valence-electron chi connectivity index (χ3n) is 4.38. The number of nitrogen functional groups attached to an aromatic ring is 1. The van der Waals surface area contributed by atoms with Gasteiger partial charge in [-0.1, -0.05) is 23.7 Å². The first-order valence-corrected chi connectivity index (χ1v) is 8.37. The van der Waals surface area contributed by atoms with Gasteiger partial charge in [-0.15, -0.1) is 0 Å². The van der Waals surface area contributed by atoms with Gasteiger partial charge >= 0.3 is 0 Å². The number of nitrogens with two attached hydrogens (primary N) is 1. The van der Waals surface area contributed by atoms with E-state index >= 15 is 0 Å². The molecule has 24 heavy (non-hydrogen) atoms. The van der Waals surface area contributed by atoms with Gasteiger partial charge in [0.05, 0.1) is 28.5 Å². The van der Waals surface area contributed by atoms with Crippen molar-refractivity contribution in [1.82, 2.24) is 9.78 Å². The Kier molecular flexibility index (Phi) is 4.04. The van der Waals surface area contributed by atoms with Gasteiger partial charge in [0.25, 0.3) is 0 Å². The van der Waals surface area contributed by atoms with Gasteiger partial charge in [0.15, 0.2) is 5.75 Å². The molecule has 5 nitrogen and oxygen atoms in total. The summed E-state index contributed by atoms with van der Waals surface area (Å²) >= 11 is 6.16. The minimum atomic E-state index is 0.353. The lowest BCUT2D eigenvalue weighted by Gasteiger charge is -2.23. The number of rotatable bonds is 3. The molecule has 2 N–H and O–H groups in total. The van der Waals surface area contributed by atoms with Gasteiger partial charge in [-0.05, 0) is 37.1 Å². The quantitative estimate of drug-likeness (QED) is 0.715. The third-order valence-corrected chi connectivity index (χ3v) is 4.69. The molecule has 1 aliphatic rings. The molecule has 6 heteroatoms. The fraction of sp³-hybridized carbons (Fsp3) is 0.278. The standard InChI is InChI=1S/C18H18ClN3O2/c19-14-3-1-2-4-16(14)24-17-6-5-15-13(18(17)20)11-21-22(15)12-7-9-23-10-8-12/h1-6,11-12H,7-10,20H2. The van der Waals surface area contributed by atoms with Crippen LogP contribution in [0.15, 0.2) is 42.6 Å². The normalized spacial score (nSPS) is 15.7. The van der Waals surface area contributed by atoms with Crippen molar-refractivity contribution in [2.24, 2.45) is 0 Å². The summed E-state index contributed by atoms with van der Waals surface area (Å²) in [7, 11) is 0. The fourth-order valence-electron chi connectivity index (χ4n) is 3.08. The molecule has 1 saturated heterocycles. The van der Waals surface area contributed by atoms with Crippen molar-refractivity contribution < 1.29 is 9.47 Å². The summed E-state index contributed by atoms with van der Waals surface area (Å²) in [6, 6.07) is 11.6. The van der Waals surface area contributed by atoms with Gasteiger partial charge in [0, 0.05) is 18.6 Å². The summed E-state index contributed by atoms with van der Waals surface area (Å²) < 4.78 is 13.4. The highest BCUT2D eigenvalue weighted by atomic mass is 35.5. The zero-order chi connectivity index (χ0) is 16.5. The molecule has 0 aliphatic carbocycles. The van der Waals surface area contributed by atoms with Gasteiger partial charge in [0.1, 0.15) is 5.75 Å². The van der Waals surface area contributed by atoms with E-state index in [1.165, 1.54) is 0 Å². The average Bonchev–Trinajstić information content (AvgIpc) is 3.05. The Morgan fingerprint density at radius 1 is 1.12 bits per heavy atom. The predicted octanol–water partition coefficient (Wildman–Crippen LogP) is 4.42. The fourth-order valence-corrected chi connectivity index (χ4v) is 3.25. The molecule has 2 heterocycles. The number of fused-ring (bicyclic) bond motifs is 1. The first kappa shape index (κ1) is 15.3. The van der Waals surface area contributed by atoms with Crippen LogP contribution in [0.25, 0.3) is 10.9 Å². The van der Waals surface area contributed by atoms with E-state index in [-0.39, 0.29) is 0 Å². The number of nitrogens with zero attached hydrogens (tertiary/aromatic N) is 2. The van der Waals surface area contributed by atoms with Gasteiger partial charge in [-0.2, -0.15) is 5.10 Å². The van der Waals surface area contributed by atoms with Crippen molar-refractivity contribution in [2.45, 2.75) is 18.9 Å². The van der Waals surface area contributed by atoms with Crippen LogP contribution in [0.4, 0.5) is 5.69 Å². The van der Waals surface area contributed by atoms with Crippen molar-refractivity contribution >= 4 is 28.2 Å². The smallest absolute Gasteiger partial charge is 0.151 e. The Balaban J connectivity index is 1.70. The van der Waals surface area contributed by atoms with Crippen molar-refractivity contribution in [3.8, 4) is 11.5 Å². The van der Waals surface area contributed by atoms with Crippen LogP contribution in [0.5, 0.6) is 11.5 Å². The van der Waals surface area contributed by atoms with E-state index in [0.29, 0.717) is 28.3 Å². The molecule has 1 fully saturated rings. The molecule has 0 amide bonds. The van der Waals surface area contributed by atoms with E-state index in [1.807, 2.05) is 35.0 Å². The van der Waals surface area contributed by atoms with Crippen molar-refractivity contribution in [1.29, 1.82) is 0 Å². The Hall–Kier alpha value is -2.24. The highest BCUT2D eigenvalue weighted by Gasteiger charge is 2.20. The minimum absolute atomic E-state index is 0.353. The second-order valence-electron chi connectivity index (χ2n) is 5.88. The zero-order valence-corrected chi connectivity index (χ0v) is 13.9. The molecule has 0 atom stereocenters. The largest absolute Gasteiger partial charge is 0.454 e. The van der Waals surface area contributed by atoms with Gasteiger partial charge in [0.2, 0.25) is 0 Å². The lowest BCUT2D eigenvalue weighted by atomic mass is 10.1. The van der Waals surface area contributed by atoms with E-state index < -0.39 is 0 Å². The van der Waals surface area contributed by atoms with Crippen LogP contribution < -0.4 is 10.5 Å². The van der Waals surface area contributed by atoms with Crippen LogP contribution in [0.2, 0.25) is 5.02 Å². The van der Waals surface area contributed by atoms with E-state index in [4.69, 9.17) is 26.8 Å². The Labute approximate surface area is 144 Å². The number of anilines is 1. The summed E-state index contributed by atoms with van der Waals surface area (Å²) in [5.41, 5.74) is 7.91. The third kappa shape index (κ3) is 2.70. The minimum Gasteiger partial charge on any atom is -0.454 e. The predicted molar refractivity (Wildman–Crippen MR) is 94.8 cm³/mol. The lowest BCUT2D eigenvalue weighted by Crippen LogP contribution is -2.20. The van der Waals surface area contributed by atoms with E-state index in [1.54, 1.807) is 12.3 Å². The number of benzene rings is 2. The van der Waals surface area contributed by atoms with Crippen LogP contribution in [0, 0.1) is 0 Å². The number of halogens is 1. The second-order valence-corrected chi connectivity index (χ2v) is 6.28. The van der Waals surface area contributed by atoms with Crippen LogP contribution in [0.3, 0.4) is 0 Å². The average molecular weight is 344 g/mol. The van der Waals surface area contributed by atoms with Crippen molar-refractivity contribution in [3.63, 3.8) is 0 Å². The van der Waals surface area contributed by atoms with Gasteiger partial charge in [-0.3, -0.25) is 4.68 Å². The molecule has 0 bridgehead atoms. The number of aromatic nitrogens is 2. The molecule has 1 aliphatic heterocycles. The van der Waals surface area contributed by atoms with Crippen molar-refractivity contribution in [2.75, 3.05) is 18.9 Å². The molecule has 3 aromatic rings. The molecule has 1 aromatic heterocycles. The maximum atomic E-state index is 6.31. The maximum absolute atomic E-state index is 6.31. The summed E-state index contributed by atoms with van der Waals surface area (Å²) in [4.78, 5) is 0. The summed E-state index contributed by atoms with van der Waals surface area (Å²) in [5, 5.41) is 5.99. The Morgan fingerprint density at radius 3 is 2.71 bits per heavy atom. The first-order chi connectivity index (χ1) is 11.7. The van der Waals surface area contributed by atoms with Crippen LogP contribution in [-0.4, -0.2) is 23.0 Å². The Bertz CT molecular complexity index is 872. The highest BCUT2D eigenvalue weighted by Crippen LogP contribution is 2.37. The number of ether oxygens (including phenoxy) is 2. The SMILES string of the molecule is Nc1c(Oc2ccccc2Cl)ccc2c1cnn2C1CCOCC1. The molecule has 0 spiro atoms. The van der Waals surface area contributed by atoms with Gasteiger partial charge < -0.3 is 15.2 Å². The molecule has 4 rings (SSSR count). The number of para-hydroxylation sites is 1. The van der Waals surface area contributed by atoms with Crippen LogP contribution in [-0.2, 0) is 4.74 Å². The zero-order valence-electron chi connectivity index (χ0n) is 13.1. The molecular formula is C18H18ClN3O2. The van der Waals surface area contributed by atoms with Crippen LogP contribution in [0.1, 0.15) is 18.9 Å². The summed E-state index contributed by atoms with van der Waals surface area (Å²) in [6.45, 7) is 1.55. The molecule has 2 aromatic carbocycles. The van der Waals surface area contributed by atoms with E-state index in [2.05, 4.69) is 5.10 Å². The second kappa shape index (κ2) is 6.34. The monoisotopic (exact) mass is 343 g/mol. The Morgan fingerprint density at radius 2 is 1.92 bits per heavy atom. The number of hydrogen-bond acceptors (Lipinski definition) is 4. The highest BCUT2D eigenvalue weighted by molar-refractivity contribution is 6.32. The molecule has 124 valence electrons. The lowest BCUT2D eigenvalue weighted by molar-refractivity contribution is 0.0675. The first-order valence-electron chi connectivity index (χ1n) is 8.00. The summed E-state index contributed by atoms with van der Waals surface area (Å²) in [6.07, 6.45) is 3.74. The van der Waals surface area contributed by atoms with Crippen LogP contribution >= 0.6 is 11.6 Å². The van der Waals surface area contributed by atoms with E-state index in [9.17, 15) is 0 Å². The molecular weight excluding hydrogens is 326 g/mol. The van der Waals surface area contributed by atoms with E-state index in [0.717, 1.165) is 37.0 Å². The molecule has 0 saturated carbocycles. The number of hydrogen-bond donors (Lipinski definition) is 1. The maximum Gasteiger partial charge on any atom is 0.151 e. The van der Waals surface area contributed by atoms with Gasteiger partial charge in [-0.25, -0.2) is 0 Å². The van der Waals surface area contributed by atoms with Crippen molar-refractivity contribution in [3.05, 3.63) is 47.6 Å².